The summed E-state index contributed by atoms with van der Waals surface area (Å²) in [6.45, 7) is 2.32. The number of nitrogens with one attached hydrogen (secondary N) is 1. The molecule has 1 unspecified atom stereocenters. The Bertz CT molecular complexity index is 364. The van der Waals surface area contributed by atoms with Crippen LogP contribution >= 0.6 is 11.6 Å². The minimum atomic E-state index is -0.0869. The van der Waals surface area contributed by atoms with Gasteiger partial charge in [-0.2, -0.15) is 0 Å². The highest BCUT2D eigenvalue weighted by Crippen LogP contribution is 2.13. The first-order valence-corrected chi connectivity index (χ1v) is 5.64. The van der Waals surface area contributed by atoms with E-state index in [1.807, 2.05) is 44.1 Å². The maximum absolute atomic E-state index is 11.7. The molecule has 0 aliphatic carbocycles. The summed E-state index contributed by atoms with van der Waals surface area (Å²) in [5.41, 5.74) is 1.66. The largest absolute Gasteiger partial charge is 0.378 e. The molecular formula is C12H17ClN2O. The lowest BCUT2D eigenvalue weighted by Gasteiger charge is -2.13. The van der Waals surface area contributed by atoms with E-state index < -0.39 is 0 Å². The highest BCUT2D eigenvalue weighted by molar-refractivity contribution is 6.20. The molecule has 0 saturated carbocycles. The Morgan fingerprint density at radius 1 is 1.50 bits per heavy atom. The fraction of sp³-hybridized carbons (Fsp3) is 0.417. The average molecular weight is 241 g/mol. The van der Waals surface area contributed by atoms with Gasteiger partial charge in [-0.05, 0) is 25.1 Å². The van der Waals surface area contributed by atoms with Gasteiger partial charge in [-0.15, -0.1) is 11.6 Å². The topological polar surface area (TPSA) is 32.3 Å². The number of amides is 1. The van der Waals surface area contributed by atoms with Gasteiger partial charge in [-0.3, -0.25) is 4.79 Å². The van der Waals surface area contributed by atoms with Crippen LogP contribution in [0.1, 0.15) is 17.3 Å². The van der Waals surface area contributed by atoms with E-state index >= 15 is 0 Å². The number of halogens is 1. The molecule has 0 aliphatic rings. The van der Waals surface area contributed by atoms with Gasteiger partial charge in [0.05, 0.1) is 0 Å². The molecule has 1 amide bonds. The van der Waals surface area contributed by atoms with E-state index in [1.165, 1.54) is 0 Å². The molecule has 3 nitrogen and oxygen atoms in total. The lowest BCUT2D eigenvalue weighted by molar-refractivity contribution is 0.0954. The van der Waals surface area contributed by atoms with Crippen molar-refractivity contribution in [3.8, 4) is 0 Å². The summed E-state index contributed by atoms with van der Waals surface area (Å²) in [7, 11) is 3.88. The van der Waals surface area contributed by atoms with Gasteiger partial charge < -0.3 is 10.2 Å². The maximum Gasteiger partial charge on any atom is 0.251 e. The van der Waals surface area contributed by atoms with E-state index in [-0.39, 0.29) is 11.3 Å². The second-order valence-corrected chi connectivity index (χ2v) is 4.68. The molecule has 0 saturated heterocycles. The Morgan fingerprint density at radius 3 is 2.75 bits per heavy atom. The molecule has 0 heterocycles. The van der Waals surface area contributed by atoms with Crippen LogP contribution in [0.3, 0.4) is 0 Å². The van der Waals surface area contributed by atoms with Crippen LogP contribution in [0.5, 0.6) is 0 Å². The molecule has 0 aromatic heterocycles. The minimum absolute atomic E-state index is 0.0546. The van der Waals surface area contributed by atoms with E-state index in [1.54, 1.807) is 6.07 Å². The summed E-state index contributed by atoms with van der Waals surface area (Å²) in [5, 5.41) is 2.72. The molecule has 16 heavy (non-hydrogen) atoms. The van der Waals surface area contributed by atoms with E-state index in [2.05, 4.69) is 5.32 Å². The number of alkyl halides is 1. The highest BCUT2D eigenvalue weighted by Gasteiger charge is 2.07. The lowest BCUT2D eigenvalue weighted by atomic mass is 10.2. The first kappa shape index (κ1) is 12.8. The standard InChI is InChI=1S/C12H17ClN2O/c1-9(13)8-14-12(16)10-5-4-6-11(7-10)15(2)3/h4-7,9H,8H2,1-3H3,(H,14,16). The monoisotopic (exact) mass is 240 g/mol. The summed E-state index contributed by atoms with van der Waals surface area (Å²) in [6, 6.07) is 7.48. The van der Waals surface area contributed by atoms with Crippen LogP contribution in [0.4, 0.5) is 5.69 Å². The lowest BCUT2D eigenvalue weighted by Crippen LogP contribution is -2.28. The Morgan fingerprint density at radius 2 is 2.19 bits per heavy atom. The normalized spacial score (nSPS) is 12.0. The van der Waals surface area contributed by atoms with Gasteiger partial charge in [-0.25, -0.2) is 0 Å². The van der Waals surface area contributed by atoms with Gasteiger partial charge in [0.1, 0.15) is 0 Å². The van der Waals surface area contributed by atoms with Crippen molar-refractivity contribution >= 4 is 23.2 Å². The number of hydrogen-bond donors (Lipinski definition) is 1. The van der Waals surface area contributed by atoms with Gasteiger partial charge >= 0.3 is 0 Å². The molecule has 0 bridgehead atoms. The van der Waals surface area contributed by atoms with E-state index in [9.17, 15) is 4.79 Å². The zero-order valence-electron chi connectivity index (χ0n) is 9.83. The Balaban J connectivity index is 2.72. The summed E-state index contributed by atoms with van der Waals surface area (Å²) in [5.74, 6) is -0.0869. The summed E-state index contributed by atoms with van der Waals surface area (Å²) < 4.78 is 0. The van der Waals surface area contributed by atoms with Crippen LogP contribution in [-0.2, 0) is 0 Å². The fourth-order valence-electron chi connectivity index (χ4n) is 1.26. The van der Waals surface area contributed by atoms with Crippen molar-refractivity contribution in [3.63, 3.8) is 0 Å². The quantitative estimate of drug-likeness (QED) is 0.818. The van der Waals surface area contributed by atoms with E-state index in [0.717, 1.165) is 5.69 Å². The van der Waals surface area contributed by atoms with Crippen molar-refractivity contribution in [3.05, 3.63) is 29.8 Å². The smallest absolute Gasteiger partial charge is 0.251 e. The molecule has 1 atom stereocenters. The first-order chi connectivity index (χ1) is 7.50. The SMILES string of the molecule is CC(Cl)CNC(=O)c1cccc(N(C)C)c1. The van der Waals surface area contributed by atoms with Crippen molar-refractivity contribution in [1.29, 1.82) is 0 Å². The summed E-state index contributed by atoms with van der Waals surface area (Å²) in [4.78, 5) is 13.7. The number of carbonyl (C=O) groups is 1. The van der Waals surface area contributed by atoms with Crippen LogP contribution in [0.15, 0.2) is 24.3 Å². The number of benzene rings is 1. The zero-order chi connectivity index (χ0) is 12.1. The number of hydrogen-bond acceptors (Lipinski definition) is 2. The van der Waals surface area contributed by atoms with Crippen LogP contribution in [0.25, 0.3) is 0 Å². The highest BCUT2D eigenvalue weighted by atomic mass is 35.5. The third kappa shape index (κ3) is 3.74. The number of carbonyl (C=O) groups excluding carboxylic acids is 1. The van der Waals surface area contributed by atoms with Crippen molar-refractivity contribution in [2.45, 2.75) is 12.3 Å². The van der Waals surface area contributed by atoms with Gasteiger partial charge in [0.15, 0.2) is 0 Å². The molecule has 0 spiro atoms. The molecular weight excluding hydrogens is 224 g/mol. The third-order valence-electron chi connectivity index (χ3n) is 2.17. The number of nitrogens with zero attached hydrogens (tertiary/aromatic N) is 1. The van der Waals surface area contributed by atoms with E-state index in [4.69, 9.17) is 11.6 Å². The molecule has 88 valence electrons. The molecule has 1 rings (SSSR count). The van der Waals surface area contributed by atoms with Crippen LogP contribution in [0.2, 0.25) is 0 Å². The predicted molar refractivity (Wildman–Crippen MR) is 68.4 cm³/mol. The van der Waals surface area contributed by atoms with Crippen molar-refractivity contribution in [1.82, 2.24) is 5.32 Å². The molecule has 1 N–H and O–H groups in total. The van der Waals surface area contributed by atoms with Gasteiger partial charge in [0.2, 0.25) is 0 Å². The predicted octanol–water partition coefficient (Wildman–Crippen LogP) is 2.11. The van der Waals surface area contributed by atoms with Crippen LogP contribution in [-0.4, -0.2) is 31.9 Å². The zero-order valence-corrected chi connectivity index (χ0v) is 10.6. The van der Waals surface area contributed by atoms with Crippen LogP contribution < -0.4 is 10.2 Å². The average Bonchev–Trinajstić information content (AvgIpc) is 2.26. The third-order valence-corrected chi connectivity index (χ3v) is 2.32. The summed E-state index contributed by atoms with van der Waals surface area (Å²) >= 11 is 5.77. The van der Waals surface area contributed by atoms with E-state index in [0.29, 0.717) is 12.1 Å². The summed E-state index contributed by atoms with van der Waals surface area (Å²) in [6.07, 6.45) is 0. The van der Waals surface area contributed by atoms with Gasteiger partial charge in [-0.1, -0.05) is 6.07 Å². The number of rotatable bonds is 4. The molecule has 0 fully saturated rings. The van der Waals surface area contributed by atoms with Crippen molar-refractivity contribution < 1.29 is 4.79 Å². The second kappa shape index (κ2) is 5.75. The first-order valence-electron chi connectivity index (χ1n) is 5.20. The Kier molecular flexibility index (Phi) is 4.62. The van der Waals surface area contributed by atoms with Gasteiger partial charge in [0.25, 0.3) is 5.91 Å². The molecule has 1 aromatic carbocycles. The van der Waals surface area contributed by atoms with Crippen LogP contribution in [0, 0.1) is 0 Å². The Labute approximate surface area is 101 Å². The molecule has 0 radical (unpaired) electrons. The minimum Gasteiger partial charge on any atom is -0.378 e. The fourth-order valence-corrected chi connectivity index (χ4v) is 1.34. The number of anilines is 1. The van der Waals surface area contributed by atoms with Gasteiger partial charge in [0, 0.05) is 37.3 Å². The Hall–Kier alpha value is -1.22. The van der Waals surface area contributed by atoms with Crippen molar-refractivity contribution in [2.75, 3.05) is 25.5 Å². The molecule has 1 aromatic rings. The second-order valence-electron chi connectivity index (χ2n) is 3.94. The molecule has 4 heteroatoms. The maximum atomic E-state index is 11.7. The molecule has 0 aliphatic heterocycles. The van der Waals surface area contributed by atoms with Crippen molar-refractivity contribution in [2.24, 2.45) is 0 Å².